The summed E-state index contributed by atoms with van der Waals surface area (Å²) in [6, 6.07) is 0. The summed E-state index contributed by atoms with van der Waals surface area (Å²) in [4.78, 5) is 11.9. The first-order valence-electron chi connectivity index (χ1n) is 7.06. The average Bonchev–Trinajstić information content (AvgIpc) is 2.72. The highest BCUT2D eigenvalue weighted by Crippen LogP contribution is 2.14. The van der Waals surface area contributed by atoms with Crippen molar-refractivity contribution in [3.05, 3.63) is 17.0 Å². The number of aromatic nitrogens is 1. The fourth-order valence-corrected chi connectivity index (χ4v) is 2.56. The van der Waals surface area contributed by atoms with E-state index in [9.17, 15) is 4.79 Å². The lowest BCUT2D eigenvalue weighted by Gasteiger charge is -2.22. The van der Waals surface area contributed by atoms with Crippen LogP contribution in [0.15, 0.2) is 4.52 Å². The zero-order valence-corrected chi connectivity index (χ0v) is 11.8. The minimum absolute atomic E-state index is 0.0539. The van der Waals surface area contributed by atoms with Crippen LogP contribution in [0.2, 0.25) is 0 Å². The number of aryl methyl sites for hydroxylation is 2. The SMILES string of the molecule is Cc1noc(C)c1CC(=O)NCCC1CCCNC1. The van der Waals surface area contributed by atoms with E-state index in [4.69, 9.17) is 4.52 Å². The van der Waals surface area contributed by atoms with E-state index in [1.807, 2.05) is 13.8 Å². The van der Waals surface area contributed by atoms with Crippen LogP contribution in [0.4, 0.5) is 0 Å². The molecule has 106 valence electrons. The molecule has 0 spiro atoms. The molecule has 1 atom stereocenters. The van der Waals surface area contributed by atoms with Gasteiger partial charge in [-0.3, -0.25) is 4.79 Å². The third kappa shape index (κ3) is 4.06. The molecule has 1 saturated heterocycles. The molecule has 1 aromatic heterocycles. The molecular weight excluding hydrogens is 242 g/mol. The molecule has 0 bridgehead atoms. The average molecular weight is 265 g/mol. The molecule has 1 unspecified atom stereocenters. The Morgan fingerprint density at radius 1 is 1.53 bits per heavy atom. The Kier molecular flexibility index (Phi) is 4.96. The van der Waals surface area contributed by atoms with Crippen molar-refractivity contribution in [3.8, 4) is 0 Å². The molecule has 1 aromatic rings. The zero-order chi connectivity index (χ0) is 13.7. The number of hydrogen-bond acceptors (Lipinski definition) is 4. The maximum absolute atomic E-state index is 11.9. The molecule has 2 heterocycles. The monoisotopic (exact) mass is 265 g/mol. The third-order valence-corrected chi connectivity index (χ3v) is 3.79. The fourth-order valence-electron chi connectivity index (χ4n) is 2.56. The number of nitrogens with zero attached hydrogens (tertiary/aromatic N) is 1. The summed E-state index contributed by atoms with van der Waals surface area (Å²) in [5.74, 6) is 1.50. The molecule has 1 aliphatic rings. The van der Waals surface area contributed by atoms with Gasteiger partial charge in [-0.2, -0.15) is 0 Å². The van der Waals surface area contributed by atoms with Gasteiger partial charge in [0.05, 0.1) is 12.1 Å². The fraction of sp³-hybridized carbons (Fsp3) is 0.714. The van der Waals surface area contributed by atoms with Gasteiger partial charge in [-0.05, 0) is 52.1 Å². The van der Waals surface area contributed by atoms with Crippen LogP contribution in [-0.4, -0.2) is 30.7 Å². The molecule has 5 heteroatoms. The Bertz CT molecular complexity index is 403. The summed E-state index contributed by atoms with van der Waals surface area (Å²) in [5, 5.41) is 10.2. The molecular formula is C14H23N3O2. The number of rotatable bonds is 5. The number of carbonyl (C=O) groups excluding carboxylic acids is 1. The van der Waals surface area contributed by atoms with Crippen LogP contribution >= 0.6 is 0 Å². The summed E-state index contributed by atoms with van der Waals surface area (Å²) < 4.78 is 5.06. The van der Waals surface area contributed by atoms with E-state index in [2.05, 4.69) is 15.8 Å². The van der Waals surface area contributed by atoms with Crippen LogP contribution < -0.4 is 10.6 Å². The van der Waals surface area contributed by atoms with Gasteiger partial charge in [-0.1, -0.05) is 5.16 Å². The van der Waals surface area contributed by atoms with Gasteiger partial charge in [0.25, 0.3) is 0 Å². The largest absolute Gasteiger partial charge is 0.361 e. The Hall–Kier alpha value is -1.36. The Morgan fingerprint density at radius 2 is 2.37 bits per heavy atom. The smallest absolute Gasteiger partial charge is 0.224 e. The number of carbonyl (C=O) groups is 1. The molecule has 0 aromatic carbocycles. The van der Waals surface area contributed by atoms with Gasteiger partial charge in [0, 0.05) is 12.1 Å². The minimum Gasteiger partial charge on any atom is -0.361 e. The molecule has 19 heavy (non-hydrogen) atoms. The van der Waals surface area contributed by atoms with Crippen molar-refractivity contribution in [2.75, 3.05) is 19.6 Å². The van der Waals surface area contributed by atoms with Crippen molar-refractivity contribution in [2.45, 2.75) is 39.5 Å². The van der Waals surface area contributed by atoms with Crippen molar-refractivity contribution < 1.29 is 9.32 Å². The van der Waals surface area contributed by atoms with Crippen LogP contribution in [0.1, 0.15) is 36.3 Å². The minimum atomic E-state index is 0.0539. The van der Waals surface area contributed by atoms with Crippen LogP contribution in [-0.2, 0) is 11.2 Å². The van der Waals surface area contributed by atoms with Crippen LogP contribution in [0.3, 0.4) is 0 Å². The normalized spacial score (nSPS) is 19.4. The second-order valence-corrected chi connectivity index (χ2v) is 5.33. The third-order valence-electron chi connectivity index (χ3n) is 3.79. The zero-order valence-electron chi connectivity index (χ0n) is 11.8. The topological polar surface area (TPSA) is 67.2 Å². The maximum Gasteiger partial charge on any atom is 0.224 e. The van der Waals surface area contributed by atoms with E-state index in [1.54, 1.807) is 0 Å². The summed E-state index contributed by atoms with van der Waals surface area (Å²) in [6.07, 6.45) is 3.94. The van der Waals surface area contributed by atoms with E-state index in [0.717, 1.165) is 43.1 Å². The van der Waals surface area contributed by atoms with Gasteiger partial charge in [0.1, 0.15) is 5.76 Å². The lowest BCUT2D eigenvalue weighted by molar-refractivity contribution is -0.120. The van der Waals surface area contributed by atoms with Crippen molar-refractivity contribution in [1.82, 2.24) is 15.8 Å². The van der Waals surface area contributed by atoms with E-state index >= 15 is 0 Å². The van der Waals surface area contributed by atoms with E-state index in [0.29, 0.717) is 12.3 Å². The highest BCUT2D eigenvalue weighted by molar-refractivity contribution is 5.78. The molecule has 1 aliphatic heterocycles. The Balaban J connectivity index is 1.70. The second-order valence-electron chi connectivity index (χ2n) is 5.33. The van der Waals surface area contributed by atoms with E-state index in [-0.39, 0.29) is 5.91 Å². The quantitative estimate of drug-likeness (QED) is 0.843. The molecule has 1 fully saturated rings. The first kappa shape index (κ1) is 14.1. The summed E-state index contributed by atoms with van der Waals surface area (Å²) in [5.41, 5.74) is 1.72. The van der Waals surface area contributed by atoms with Crippen molar-refractivity contribution in [2.24, 2.45) is 5.92 Å². The van der Waals surface area contributed by atoms with Gasteiger partial charge < -0.3 is 15.2 Å². The molecule has 2 N–H and O–H groups in total. The van der Waals surface area contributed by atoms with Gasteiger partial charge in [0.15, 0.2) is 0 Å². The Labute approximate surface area is 114 Å². The van der Waals surface area contributed by atoms with Crippen molar-refractivity contribution >= 4 is 5.91 Å². The van der Waals surface area contributed by atoms with Crippen molar-refractivity contribution in [3.63, 3.8) is 0 Å². The van der Waals surface area contributed by atoms with Crippen LogP contribution in [0.25, 0.3) is 0 Å². The number of piperidine rings is 1. The lowest BCUT2D eigenvalue weighted by Crippen LogP contribution is -2.33. The second kappa shape index (κ2) is 6.70. The number of nitrogens with one attached hydrogen (secondary N) is 2. The van der Waals surface area contributed by atoms with E-state index in [1.165, 1.54) is 12.8 Å². The predicted molar refractivity (Wildman–Crippen MR) is 72.9 cm³/mol. The standard InChI is InChI=1S/C14H23N3O2/c1-10-13(11(2)19-17-10)8-14(18)16-7-5-12-4-3-6-15-9-12/h12,15H,3-9H2,1-2H3,(H,16,18). The number of amides is 1. The summed E-state index contributed by atoms with van der Waals surface area (Å²) >= 11 is 0. The molecule has 0 aliphatic carbocycles. The first-order valence-corrected chi connectivity index (χ1v) is 7.06. The maximum atomic E-state index is 11.9. The first-order chi connectivity index (χ1) is 9.16. The predicted octanol–water partition coefficient (Wildman–Crippen LogP) is 1.34. The van der Waals surface area contributed by atoms with Gasteiger partial charge in [0.2, 0.25) is 5.91 Å². The molecule has 0 saturated carbocycles. The summed E-state index contributed by atoms with van der Waals surface area (Å²) in [6.45, 7) is 6.69. The molecule has 5 nitrogen and oxygen atoms in total. The molecule has 0 radical (unpaired) electrons. The highest BCUT2D eigenvalue weighted by Gasteiger charge is 2.15. The van der Waals surface area contributed by atoms with Gasteiger partial charge >= 0.3 is 0 Å². The highest BCUT2D eigenvalue weighted by atomic mass is 16.5. The van der Waals surface area contributed by atoms with Crippen LogP contribution in [0, 0.1) is 19.8 Å². The molecule has 2 rings (SSSR count). The summed E-state index contributed by atoms with van der Waals surface area (Å²) in [7, 11) is 0. The van der Waals surface area contributed by atoms with E-state index < -0.39 is 0 Å². The Morgan fingerprint density at radius 3 is 3.00 bits per heavy atom. The number of hydrogen-bond donors (Lipinski definition) is 2. The van der Waals surface area contributed by atoms with Crippen molar-refractivity contribution in [1.29, 1.82) is 0 Å². The van der Waals surface area contributed by atoms with Gasteiger partial charge in [-0.15, -0.1) is 0 Å². The van der Waals surface area contributed by atoms with Gasteiger partial charge in [-0.25, -0.2) is 0 Å². The lowest BCUT2D eigenvalue weighted by atomic mass is 9.96. The molecule has 1 amide bonds. The van der Waals surface area contributed by atoms with Crippen LogP contribution in [0.5, 0.6) is 0 Å².